The van der Waals surface area contributed by atoms with Crippen LogP contribution in [-0.4, -0.2) is 39.3 Å². The second-order valence-corrected chi connectivity index (χ2v) is 5.63. The van der Waals surface area contributed by atoms with Crippen molar-refractivity contribution in [2.24, 2.45) is 0 Å². The van der Waals surface area contributed by atoms with Crippen LogP contribution in [-0.2, 0) is 6.54 Å². The number of piperidine rings is 1. The Kier molecular flexibility index (Phi) is 4.31. The fourth-order valence-corrected chi connectivity index (χ4v) is 2.90. The number of rotatable bonds is 4. The summed E-state index contributed by atoms with van der Waals surface area (Å²) in [4.78, 5) is 6.74. The molecule has 1 atom stereocenters. The molecule has 0 bridgehead atoms. The molecule has 21 heavy (non-hydrogen) atoms. The monoisotopic (exact) mass is 287 g/mol. The van der Waals surface area contributed by atoms with E-state index in [1.54, 1.807) is 0 Å². The second kappa shape index (κ2) is 6.37. The van der Waals surface area contributed by atoms with E-state index in [-0.39, 0.29) is 12.6 Å². The molecule has 0 aliphatic carbocycles. The molecule has 1 aliphatic rings. The summed E-state index contributed by atoms with van der Waals surface area (Å²) in [7, 11) is 0. The van der Waals surface area contributed by atoms with Crippen molar-refractivity contribution in [1.29, 1.82) is 0 Å². The van der Waals surface area contributed by atoms with Crippen LogP contribution in [0.25, 0.3) is 11.4 Å². The average molecular weight is 287 g/mol. The van der Waals surface area contributed by atoms with E-state index >= 15 is 0 Å². The molecule has 0 radical (unpaired) electrons. The maximum Gasteiger partial charge on any atom is 0.241 e. The molecule has 3 rings (SSSR count). The number of hydrogen-bond acceptors (Lipinski definition) is 5. The molecule has 0 spiro atoms. The molecule has 2 aromatic rings. The highest BCUT2D eigenvalue weighted by Crippen LogP contribution is 2.22. The van der Waals surface area contributed by atoms with Gasteiger partial charge in [-0.3, -0.25) is 4.90 Å². The fraction of sp³-hybridized carbons (Fsp3) is 0.500. The number of aryl methyl sites for hydroxylation is 1. The van der Waals surface area contributed by atoms with E-state index in [1.807, 2.05) is 31.2 Å². The smallest absolute Gasteiger partial charge is 0.241 e. The predicted octanol–water partition coefficient (Wildman–Crippen LogP) is 2.39. The quantitative estimate of drug-likeness (QED) is 0.935. The zero-order valence-corrected chi connectivity index (χ0v) is 12.3. The lowest BCUT2D eigenvalue weighted by atomic mass is 10.0. The largest absolute Gasteiger partial charge is 0.395 e. The first-order chi connectivity index (χ1) is 10.3. The molecule has 1 unspecified atom stereocenters. The number of hydrogen-bond donors (Lipinski definition) is 1. The van der Waals surface area contributed by atoms with E-state index in [0.717, 1.165) is 30.5 Å². The van der Waals surface area contributed by atoms with Crippen LogP contribution in [0.15, 0.2) is 28.8 Å². The number of aliphatic hydroxyl groups is 1. The molecule has 1 aromatic heterocycles. The topological polar surface area (TPSA) is 62.4 Å². The Morgan fingerprint density at radius 3 is 3.00 bits per heavy atom. The molecule has 5 nitrogen and oxygen atoms in total. The zero-order chi connectivity index (χ0) is 14.7. The maximum atomic E-state index is 9.45. The molecule has 1 saturated heterocycles. The Morgan fingerprint density at radius 1 is 1.33 bits per heavy atom. The first-order valence-electron chi connectivity index (χ1n) is 7.51. The van der Waals surface area contributed by atoms with Crippen LogP contribution in [0.3, 0.4) is 0 Å². The number of aromatic nitrogens is 2. The van der Waals surface area contributed by atoms with E-state index in [9.17, 15) is 5.11 Å². The summed E-state index contributed by atoms with van der Waals surface area (Å²) in [5, 5.41) is 13.5. The van der Waals surface area contributed by atoms with Gasteiger partial charge in [0, 0.05) is 11.6 Å². The summed E-state index contributed by atoms with van der Waals surface area (Å²) in [6.07, 6.45) is 3.38. The van der Waals surface area contributed by atoms with Crippen molar-refractivity contribution in [3.05, 3.63) is 35.7 Å². The lowest BCUT2D eigenvalue weighted by molar-refractivity contribution is 0.0749. The van der Waals surface area contributed by atoms with Crippen LogP contribution >= 0.6 is 0 Å². The third-order valence-electron chi connectivity index (χ3n) is 4.15. The minimum absolute atomic E-state index is 0.193. The van der Waals surface area contributed by atoms with Gasteiger partial charge in [0.15, 0.2) is 0 Å². The summed E-state index contributed by atoms with van der Waals surface area (Å²) < 4.78 is 5.39. The number of aliphatic hydroxyl groups excluding tert-OH is 1. The van der Waals surface area contributed by atoms with Gasteiger partial charge in [-0.25, -0.2) is 0 Å². The van der Waals surface area contributed by atoms with E-state index in [4.69, 9.17) is 4.52 Å². The number of benzene rings is 1. The Labute approximate surface area is 124 Å². The number of likely N-dealkylation sites (tertiary alicyclic amines) is 1. The van der Waals surface area contributed by atoms with Crippen molar-refractivity contribution >= 4 is 0 Å². The van der Waals surface area contributed by atoms with Gasteiger partial charge in [0.1, 0.15) is 0 Å². The second-order valence-electron chi connectivity index (χ2n) is 5.63. The minimum atomic E-state index is 0.193. The van der Waals surface area contributed by atoms with Gasteiger partial charge in [-0.2, -0.15) is 4.98 Å². The highest BCUT2D eigenvalue weighted by atomic mass is 16.5. The Balaban J connectivity index is 1.75. The van der Waals surface area contributed by atoms with Gasteiger partial charge in [-0.1, -0.05) is 35.8 Å². The normalized spacial score (nSPS) is 19.8. The summed E-state index contributed by atoms with van der Waals surface area (Å²) in [6.45, 7) is 3.83. The molecule has 1 N–H and O–H groups in total. The van der Waals surface area contributed by atoms with Gasteiger partial charge >= 0.3 is 0 Å². The third-order valence-corrected chi connectivity index (χ3v) is 4.15. The zero-order valence-electron chi connectivity index (χ0n) is 12.3. The minimum Gasteiger partial charge on any atom is -0.395 e. The number of nitrogens with zero attached hydrogens (tertiary/aromatic N) is 3. The molecular weight excluding hydrogens is 266 g/mol. The Morgan fingerprint density at radius 2 is 2.19 bits per heavy atom. The molecule has 2 heterocycles. The Hall–Kier alpha value is -1.72. The van der Waals surface area contributed by atoms with Gasteiger partial charge in [0.2, 0.25) is 11.7 Å². The van der Waals surface area contributed by atoms with E-state index in [2.05, 4.69) is 15.0 Å². The van der Waals surface area contributed by atoms with E-state index in [0.29, 0.717) is 18.3 Å². The van der Waals surface area contributed by atoms with E-state index in [1.165, 1.54) is 6.42 Å². The standard InChI is InChI=1S/C16H21N3O2/c1-12-6-2-3-8-14(12)16-17-15(21-18-16)10-19-9-5-4-7-13(19)11-20/h2-3,6,8,13,20H,4-5,7,9-11H2,1H3. The van der Waals surface area contributed by atoms with Crippen LogP contribution in [0.5, 0.6) is 0 Å². The van der Waals surface area contributed by atoms with Gasteiger partial charge in [0.25, 0.3) is 0 Å². The summed E-state index contributed by atoms with van der Waals surface area (Å²) in [5.41, 5.74) is 2.14. The van der Waals surface area contributed by atoms with Crippen LogP contribution in [0, 0.1) is 6.92 Å². The van der Waals surface area contributed by atoms with Crippen molar-refractivity contribution in [1.82, 2.24) is 15.0 Å². The lowest BCUT2D eigenvalue weighted by Gasteiger charge is -2.33. The summed E-state index contributed by atoms with van der Waals surface area (Å²) >= 11 is 0. The van der Waals surface area contributed by atoms with Crippen molar-refractivity contribution in [3.8, 4) is 11.4 Å². The average Bonchev–Trinajstić information content (AvgIpc) is 2.96. The Bertz CT molecular complexity index is 597. The van der Waals surface area contributed by atoms with Crippen molar-refractivity contribution in [2.75, 3.05) is 13.2 Å². The maximum absolute atomic E-state index is 9.45. The summed E-state index contributed by atoms with van der Waals surface area (Å²) in [6, 6.07) is 8.23. The first kappa shape index (κ1) is 14.2. The fourth-order valence-electron chi connectivity index (χ4n) is 2.90. The van der Waals surface area contributed by atoms with Gasteiger partial charge in [0.05, 0.1) is 13.2 Å². The van der Waals surface area contributed by atoms with Crippen LogP contribution < -0.4 is 0 Å². The first-order valence-corrected chi connectivity index (χ1v) is 7.51. The van der Waals surface area contributed by atoms with E-state index < -0.39 is 0 Å². The summed E-state index contributed by atoms with van der Waals surface area (Å²) in [5.74, 6) is 1.26. The van der Waals surface area contributed by atoms with Crippen LogP contribution in [0.4, 0.5) is 0 Å². The lowest BCUT2D eigenvalue weighted by Crippen LogP contribution is -2.41. The molecule has 0 amide bonds. The van der Waals surface area contributed by atoms with Crippen LogP contribution in [0.2, 0.25) is 0 Å². The van der Waals surface area contributed by atoms with Gasteiger partial charge < -0.3 is 9.63 Å². The highest BCUT2D eigenvalue weighted by molar-refractivity contribution is 5.58. The molecule has 1 aliphatic heterocycles. The third kappa shape index (κ3) is 3.14. The molecule has 1 fully saturated rings. The molecule has 1 aromatic carbocycles. The van der Waals surface area contributed by atoms with Crippen molar-refractivity contribution in [3.63, 3.8) is 0 Å². The molecule has 112 valence electrons. The highest BCUT2D eigenvalue weighted by Gasteiger charge is 2.23. The predicted molar refractivity (Wildman–Crippen MR) is 79.6 cm³/mol. The van der Waals surface area contributed by atoms with Gasteiger partial charge in [-0.05, 0) is 31.9 Å². The van der Waals surface area contributed by atoms with Crippen molar-refractivity contribution < 1.29 is 9.63 Å². The molecule has 0 saturated carbocycles. The molecular formula is C16H21N3O2. The SMILES string of the molecule is Cc1ccccc1-c1noc(CN2CCCCC2CO)n1. The molecule has 5 heteroatoms. The van der Waals surface area contributed by atoms with Crippen molar-refractivity contribution in [2.45, 2.75) is 38.8 Å². The van der Waals surface area contributed by atoms with Crippen LogP contribution in [0.1, 0.15) is 30.7 Å². The van der Waals surface area contributed by atoms with Gasteiger partial charge in [-0.15, -0.1) is 0 Å².